The van der Waals surface area contributed by atoms with Crippen LogP contribution in [0.15, 0.2) is 11.6 Å². The van der Waals surface area contributed by atoms with Gasteiger partial charge in [0.2, 0.25) is 0 Å². The molecule has 0 aliphatic heterocycles. The maximum atomic E-state index is 4.34. The van der Waals surface area contributed by atoms with Crippen molar-refractivity contribution in [3.8, 4) is 0 Å². The van der Waals surface area contributed by atoms with Gasteiger partial charge in [0.15, 0.2) is 5.13 Å². The van der Waals surface area contributed by atoms with Gasteiger partial charge in [0, 0.05) is 17.6 Å². The van der Waals surface area contributed by atoms with Crippen molar-refractivity contribution in [2.75, 3.05) is 5.32 Å². The van der Waals surface area contributed by atoms with Crippen LogP contribution in [-0.2, 0) is 0 Å². The number of nitrogens with one attached hydrogen (secondary N) is 1. The van der Waals surface area contributed by atoms with E-state index in [9.17, 15) is 0 Å². The standard InChI is InChI=1S/C13H22N2S/c1-9(2)11-5-4-10(3)8-12(11)15-13-14-6-7-16-13/h6-7,9-12H,4-5,8H2,1-3H3,(H,14,15). The van der Waals surface area contributed by atoms with Crippen molar-refractivity contribution < 1.29 is 0 Å². The minimum atomic E-state index is 0.620. The van der Waals surface area contributed by atoms with Crippen LogP contribution in [0, 0.1) is 17.8 Å². The van der Waals surface area contributed by atoms with Crippen LogP contribution in [0.3, 0.4) is 0 Å². The second kappa shape index (κ2) is 5.17. The van der Waals surface area contributed by atoms with Crippen molar-refractivity contribution in [1.29, 1.82) is 0 Å². The molecule has 1 aliphatic carbocycles. The lowest BCUT2D eigenvalue weighted by Gasteiger charge is -2.37. The Labute approximate surface area is 102 Å². The molecule has 2 nitrogen and oxygen atoms in total. The predicted octanol–water partition coefficient (Wildman–Crippen LogP) is 4.02. The Bertz CT molecular complexity index is 308. The van der Waals surface area contributed by atoms with Gasteiger partial charge in [0.1, 0.15) is 0 Å². The van der Waals surface area contributed by atoms with Gasteiger partial charge in [-0.15, -0.1) is 11.3 Å². The van der Waals surface area contributed by atoms with E-state index in [4.69, 9.17) is 0 Å². The highest BCUT2D eigenvalue weighted by atomic mass is 32.1. The largest absolute Gasteiger partial charge is 0.358 e. The van der Waals surface area contributed by atoms with Gasteiger partial charge in [-0.1, -0.05) is 27.2 Å². The molecule has 1 heterocycles. The Balaban J connectivity index is 2.02. The van der Waals surface area contributed by atoms with Crippen LogP contribution in [0.1, 0.15) is 40.0 Å². The predicted molar refractivity (Wildman–Crippen MR) is 70.9 cm³/mol. The summed E-state index contributed by atoms with van der Waals surface area (Å²) >= 11 is 1.71. The average Bonchev–Trinajstić information content (AvgIpc) is 2.70. The van der Waals surface area contributed by atoms with Crippen molar-refractivity contribution in [1.82, 2.24) is 4.98 Å². The molecule has 1 aromatic rings. The maximum absolute atomic E-state index is 4.34. The lowest BCUT2D eigenvalue weighted by molar-refractivity contribution is 0.212. The summed E-state index contributed by atoms with van der Waals surface area (Å²) in [4.78, 5) is 4.34. The minimum Gasteiger partial charge on any atom is -0.358 e. The first kappa shape index (κ1) is 11.9. The Hall–Kier alpha value is -0.570. The summed E-state index contributed by atoms with van der Waals surface area (Å²) in [5, 5.41) is 6.76. The lowest BCUT2D eigenvalue weighted by atomic mass is 9.74. The molecule has 2 rings (SSSR count). The summed E-state index contributed by atoms with van der Waals surface area (Å²) in [7, 11) is 0. The molecule has 0 radical (unpaired) electrons. The van der Waals surface area contributed by atoms with Crippen LogP contribution in [0.4, 0.5) is 5.13 Å². The average molecular weight is 238 g/mol. The fourth-order valence-electron chi connectivity index (χ4n) is 2.82. The fourth-order valence-corrected chi connectivity index (χ4v) is 3.41. The summed E-state index contributed by atoms with van der Waals surface area (Å²) in [6.45, 7) is 7.06. The molecule has 3 atom stereocenters. The van der Waals surface area contributed by atoms with Gasteiger partial charge in [-0.05, 0) is 30.6 Å². The van der Waals surface area contributed by atoms with Crippen molar-refractivity contribution in [2.24, 2.45) is 17.8 Å². The minimum absolute atomic E-state index is 0.620. The first-order chi connectivity index (χ1) is 7.66. The normalized spacial score (nSPS) is 30.6. The summed E-state index contributed by atoms with van der Waals surface area (Å²) in [6.07, 6.45) is 5.92. The number of aromatic nitrogens is 1. The van der Waals surface area contributed by atoms with Crippen molar-refractivity contribution in [2.45, 2.75) is 46.1 Å². The number of rotatable bonds is 3. The third kappa shape index (κ3) is 2.76. The summed E-state index contributed by atoms with van der Waals surface area (Å²) in [6, 6.07) is 0.620. The third-order valence-electron chi connectivity index (χ3n) is 3.76. The van der Waals surface area contributed by atoms with Crippen LogP contribution in [0.5, 0.6) is 0 Å². The van der Waals surface area contributed by atoms with Gasteiger partial charge >= 0.3 is 0 Å². The smallest absolute Gasteiger partial charge is 0.182 e. The zero-order valence-corrected chi connectivity index (χ0v) is 11.3. The zero-order chi connectivity index (χ0) is 11.5. The zero-order valence-electron chi connectivity index (χ0n) is 10.4. The molecule has 16 heavy (non-hydrogen) atoms. The van der Waals surface area contributed by atoms with Gasteiger partial charge < -0.3 is 5.32 Å². The second-order valence-corrected chi connectivity index (χ2v) is 6.31. The van der Waals surface area contributed by atoms with Crippen LogP contribution in [-0.4, -0.2) is 11.0 Å². The van der Waals surface area contributed by atoms with E-state index in [0.717, 1.165) is 22.9 Å². The molecule has 1 saturated carbocycles. The molecule has 3 heteroatoms. The van der Waals surface area contributed by atoms with E-state index < -0.39 is 0 Å². The van der Waals surface area contributed by atoms with Gasteiger partial charge in [0.25, 0.3) is 0 Å². The SMILES string of the molecule is CC1CCC(C(C)C)C(Nc2nccs2)C1. The van der Waals surface area contributed by atoms with Gasteiger partial charge in [-0.2, -0.15) is 0 Å². The number of anilines is 1. The topological polar surface area (TPSA) is 24.9 Å². The monoisotopic (exact) mass is 238 g/mol. The second-order valence-electron chi connectivity index (χ2n) is 5.41. The van der Waals surface area contributed by atoms with Crippen LogP contribution < -0.4 is 5.32 Å². The molecular weight excluding hydrogens is 216 g/mol. The van der Waals surface area contributed by atoms with E-state index in [-0.39, 0.29) is 0 Å². The number of nitrogens with zero attached hydrogens (tertiary/aromatic N) is 1. The molecule has 1 N–H and O–H groups in total. The molecule has 1 aliphatic rings. The van der Waals surface area contributed by atoms with E-state index in [1.165, 1.54) is 19.3 Å². The molecule has 0 bridgehead atoms. The molecular formula is C13H22N2S. The first-order valence-corrected chi connectivity index (χ1v) is 7.21. The molecule has 90 valence electrons. The third-order valence-corrected chi connectivity index (χ3v) is 4.47. The molecule has 3 unspecified atom stereocenters. The highest BCUT2D eigenvalue weighted by Crippen LogP contribution is 2.35. The van der Waals surface area contributed by atoms with E-state index in [2.05, 4.69) is 31.1 Å². The summed E-state index contributed by atoms with van der Waals surface area (Å²) in [5.74, 6) is 2.43. The molecule has 1 fully saturated rings. The summed E-state index contributed by atoms with van der Waals surface area (Å²) in [5.41, 5.74) is 0. The number of hydrogen-bond donors (Lipinski definition) is 1. The Morgan fingerprint density at radius 3 is 2.88 bits per heavy atom. The Kier molecular flexibility index (Phi) is 3.85. The van der Waals surface area contributed by atoms with E-state index in [0.29, 0.717) is 6.04 Å². The van der Waals surface area contributed by atoms with E-state index >= 15 is 0 Å². The number of hydrogen-bond acceptors (Lipinski definition) is 3. The molecule has 0 saturated heterocycles. The quantitative estimate of drug-likeness (QED) is 0.860. The van der Waals surface area contributed by atoms with E-state index in [1.54, 1.807) is 11.3 Å². The highest BCUT2D eigenvalue weighted by molar-refractivity contribution is 7.13. The van der Waals surface area contributed by atoms with Crippen molar-refractivity contribution in [3.63, 3.8) is 0 Å². The lowest BCUT2D eigenvalue weighted by Crippen LogP contribution is -2.37. The van der Waals surface area contributed by atoms with Crippen molar-refractivity contribution in [3.05, 3.63) is 11.6 Å². The van der Waals surface area contributed by atoms with E-state index in [1.807, 2.05) is 11.6 Å². The first-order valence-electron chi connectivity index (χ1n) is 6.33. The summed E-state index contributed by atoms with van der Waals surface area (Å²) < 4.78 is 0. The Morgan fingerprint density at radius 2 is 2.25 bits per heavy atom. The number of thiazole rings is 1. The highest BCUT2D eigenvalue weighted by Gasteiger charge is 2.30. The van der Waals surface area contributed by atoms with Crippen LogP contribution >= 0.6 is 11.3 Å². The van der Waals surface area contributed by atoms with Gasteiger partial charge in [-0.3, -0.25) is 0 Å². The van der Waals surface area contributed by atoms with Gasteiger partial charge in [-0.25, -0.2) is 4.98 Å². The van der Waals surface area contributed by atoms with Crippen LogP contribution in [0.2, 0.25) is 0 Å². The van der Waals surface area contributed by atoms with Crippen molar-refractivity contribution >= 4 is 16.5 Å². The molecule has 0 aromatic carbocycles. The fraction of sp³-hybridized carbons (Fsp3) is 0.769. The maximum Gasteiger partial charge on any atom is 0.182 e. The Morgan fingerprint density at radius 1 is 1.44 bits per heavy atom. The molecule has 0 spiro atoms. The van der Waals surface area contributed by atoms with Gasteiger partial charge in [0.05, 0.1) is 0 Å². The molecule has 0 amide bonds. The molecule has 1 aromatic heterocycles. The van der Waals surface area contributed by atoms with Crippen LogP contribution in [0.25, 0.3) is 0 Å².